The molecular weight excluding hydrogens is 220 g/mol. The molecule has 2 unspecified atom stereocenters. The van der Waals surface area contributed by atoms with Crippen LogP contribution in [0.15, 0.2) is 24.3 Å². The van der Waals surface area contributed by atoms with E-state index in [-0.39, 0.29) is 6.04 Å². The lowest BCUT2D eigenvalue weighted by atomic mass is 9.92. The van der Waals surface area contributed by atoms with E-state index in [0.717, 1.165) is 18.9 Å². The Morgan fingerprint density at radius 3 is 2.72 bits per heavy atom. The number of benzene rings is 1. The Morgan fingerprint density at radius 1 is 1.28 bits per heavy atom. The van der Waals surface area contributed by atoms with Gasteiger partial charge >= 0.3 is 0 Å². The Morgan fingerprint density at radius 2 is 2.00 bits per heavy atom. The summed E-state index contributed by atoms with van der Waals surface area (Å²) in [5, 5.41) is 0. The predicted molar refractivity (Wildman–Crippen MR) is 78.9 cm³/mol. The number of nitrogens with two attached hydrogens (primary N) is 1. The highest BCUT2D eigenvalue weighted by Gasteiger charge is 2.25. The first kappa shape index (κ1) is 13.4. The van der Waals surface area contributed by atoms with Crippen LogP contribution in [0.2, 0.25) is 0 Å². The maximum absolute atomic E-state index is 6.26. The smallest absolute Gasteiger partial charge is 0.0417 e. The van der Waals surface area contributed by atoms with Gasteiger partial charge in [-0.2, -0.15) is 0 Å². The molecule has 1 aromatic carbocycles. The Kier molecular flexibility index (Phi) is 4.28. The lowest BCUT2D eigenvalue weighted by Crippen LogP contribution is -2.41. The topological polar surface area (TPSA) is 29.3 Å². The van der Waals surface area contributed by atoms with Gasteiger partial charge in [-0.25, -0.2) is 0 Å². The van der Waals surface area contributed by atoms with Crippen LogP contribution in [0.25, 0.3) is 0 Å². The Balaban J connectivity index is 2.31. The zero-order valence-corrected chi connectivity index (χ0v) is 11.9. The molecule has 2 nitrogen and oxygen atoms in total. The number of hydrogen-bond acceptors (Lipinski definition) is 2. The summed E-state index contributed by atoms with van der Waals surface area (Å²) in [6, 6.07) is 9.45. The Hall–Kier alpha value is -1.02. The van der Waals surface area contributed by atoms with Crippen LogP contribution in [0.5, 0.6) is 0 Å². The van der Waals surface area contributed by atoms with Crippen LogP contribution in [0.4, 0.5) is 5.69 Å². The van der Waals surface area contributed by atoms with Crippen molar-refractivity contribution in [2.45, 2.75) is 52.1 Å². The number of nitrogens with zero attached hydrogens (tertiary/aromatic N) is 1. The number of piperidine rings is 1. The third kappa shape index (κ3) is 2.69. The van der Waals surface area contributed by atoms with Crippen molar-refractivity contribution in [1.82, 2.24) is 0 Å². The lowest BCUT2D eigenvalue weighted by Gasteiger charge is -2.40. The Labute approximate surface area is 111 Å². The fourth-order valence-electron chi connectivity index (χ4n) is 2.91. The van der Waals surface area contributed by atoms with Crippen LogP contribution < -0.4 is 10.6 Å². The highest BCUT2D eigenvalue weighted by atomic mass is 15.2. The van der Waals surface area contributed by atoms with Gasteiger partial charge in [0, 0.05) is 24.3 Å². The molecule has 18 heavy (non-hydrogen) atoms. The summed E-state index contributed by atoms with van der Waals surface area (Å²) >= 11 is 0. The minimum atomic E-state index is 0.158. The SMILES string of the molecule is CC[C@@H](N)c1ccccc1N1CC(C)CCC1C. The molecule has 0 amide bonds. The van der Waals surface area contributed by atoms with Gasteiger partial charge in [0.25, 0.3) is 0 Å². The quantitative estimate of drug-likeness (QED) is 0.880. The molecule has 1 saturated heterocycles. The summed E-state index contributed by atoms with van der Waals surface area (Å²) in [5.74, 6) is 0.784. The third-order valence-corrected chi connectivity index (χ3v) is 4.20. The molecule has 0 radical (unpaired) electrons. The summed E-state index contributed by atoms with van der Waals surface area (Å²) in [5.41, 5.74) is 8.91. The molecule has 0 saturated carbocycles. The van der Waals surface area contributed by atoms with Crippen LogP contribution in [-0.2, 0) is 0 Å². The lowest BCUT2D eigenvalue weighted by molar-refractivity contribution is 0.389. The molecule has 0 aromatic heterocycles. The highest BCUT2D eigenvalue weighted by Crippen LogP contribution is 2.32. The standard InChI is InChI=1S/C16H26N2/c1-4-15(17)14-7-5-6-8-16(14)18-11-12(2)9-10-13(18)3/h5-8,12-13,15H,4,9-11,17H2,1-3H3/t12?,13?,15-/m1/s1. The van der Waals surface area contributed by atoms with Gasteiger partial charge in [0.2, 0.25) is 0 Å². The highest BCUT2D eigenvalue weighted by molar-refractivity contribution is 5.56. The van der Waals surface area contributed by atoms with Crippen molar-refractivity contribution in [2.24, 2.45) is 11.7 Å². The molecule has 2 rings (SSSR count). The van der Waals surface area contributed by atoms with Crippen LogP contribution in [0.1, 0.15) is 51.6 Å². The number of para-hydroxylation sites is 1. The molecule has 1 fully saturated rings. The van der Waals surface area contributed by atoms with Gasteiger partial charge in [-0.1, -0.05) is 32.0 Å². The molecule has 2 heteroatoms. The van der Waals surface area contributed by atoms with E-state index in [4.69, 9.17) is 5.73 Å². The van der Waals surface area contributed by atoms with Crippen molar-refractivity contribution >= 4 is 5.69 Å². The second-order valence-corrected chi connectivity index (χ2v) is 5.76. The summed E-state index contributed by atoms with van der Waals surface area (Å²) in [7, 11) is 0. The van der Waals surface area contributed by atoms with Gasteiger partial charge in [-0.05, 0) is 43.7 Å². The molecular formula is C16H26N2. The average molecular weight is 246 g/mol. The maximum Gasteiger partial charge on any atom is 0.0417 e. The molecule has 3 atom stereocenters. The van der Waals surface area contributed by atoms with E-state index in [0.29, 0.717) is 6.04 Å². The number of anilines is 1. The summed E-state index contributed by atoms with van der Waals surface area (Å²) in [6.07, 6.45) is 3.63. The number of hydrogen-bond donors (Lipinski definition) is 1. The molecule has 100 valence electrons. The van der Waals surface area contributed by atoms with E-state index in [1.54, 1.807) is 0 Å². The molecule has 1 heterocycles. The predicted octanol–water partition coefficient (Wildman–Crippen LogP) is 3.72. The molecule has 1 aliphatic rings. The average Bonchev–Trinajstić information content (AvgIpc) is 2.40. The van der Waals surface area contributed by atoms with Crippen molar-refractivity contribution in [1.29, 1.82) is 0 Å². The fraction of sp³-hybridized carbons (Fsp3) is 0.625. The van der Waals surface area contributed by atoms with Gasteiger partial charge in [-0.15, -0.1) is 0 Å². The van der Waals surface area contributed by atoms with Crippen molar-refractivity contribution in [3.63, 3.8) is 0 Å². The van der Waals surface area contributed by atoms with Crippen molar-refractivity contribution in [2.75, 3.05) is 11.4 Å². The number of rotatable bonds is 3. The molecule has 2 N–H and O–H groups in total. The van der Waals surface area contributed by atoms with E-state index >= 15 is 0 Å². The first-order valence-corrected chi connectivity index (χ1v) is 7.24. The van der Waals surface area contributed by atoms with Crippen molar-refractivity contribution in [3.05, 3.63) is 29.8 Å². The minimum absolute atomic E-state index is 0.158. The summed E-state index contributed by atoms with van der Waals surface area (Å²) in [4.78, 5) is 2.55. The second kappa shape index (κ2) is 5.75. The second-order valence-electron chi connectivity index (χ2n) is 5.76. The van der Waals surface area contributed by atoms with Crippen molar-refractivity contribution < 1.29 is 0 Å². The van der Waals surface area contributed by atoms with E-state index in [2.05, 4.69) is 49.9 Å². The van der Waals surface area contributed by atoms with Gasteiger partial charge in [0.15, 0.2) is 0 Å². The summed E-state index contributed by atoms with van der Waals surface area (Å²) < 4.78 is 0. The van der Waals surface area contributed by atoms with E-state index in [9.17, 15) is 0 Å². The third-order valence-electron chi connectivity index (χ3n) is 4.20. The molecule has 1 aliphatic heterocycles. The van der Waals surface area contributed by atoms with Crippen LogP contribution in [0, 0.1) is 5.92 Å². The van der Waals surface area contributed by atoms with Gasteiger partial charge in [0.05, 0.1) is 0 Å². The Bertz CT molecular complexity index is 388. The van der Waals surface area contributed by atoms with Crippen LogP contribution >= 0.6 is 0 Å². The van der Waals surface area contributed by atoms with Crippen LogP contribution in [0.3, 0.4) is 0 Å². The van der Waals surface area contributed by atoms with Crippen LogP contribution in [-0.4, -0.2) is 12.6 Å². The normalized spacial score (nSPS) is 26.1. The summed E-state index contributed by atoms with van der Waals surface area (Å²) in [6.45, 7) is 8.00. The molecule has 0 aliphatic carbocycles. The van der Waals surface area contributed by atoms with Gasteiger partial charge < -0.3 is 10.6 Å². The zero-order valence-electron chi connectivity index (χ0n) is 11.9. The molecule has 0 spiro atoms. The maximum atomic E-state index is 6.26. The largest absolute Gasteiger partial charge is 0.368 e. The monoisotopic (exact) mass is 246 g/mol. The van der Waals surface area contributed by atoms with Gasteiger partial charge in [-0.3, -0.25) is 0 Å². The zero-order chi connectivity index (χ0) is 13.1. The van der Waals surface area contributed by atoms with Crippen molar-refractivity contribution in [3.8, 4) is 0 Å². The van der Waals surface area contributed by atoms with E-state index < -0.39 is 0 Å². The fourth-order valence-corrected chi connectivity index (χ4v) is 2.91. The van der Waals surface area contributed by atoms with Gasteiger partial charge in [0.1, 0.15) is 0 Å². The first-order valence-electron chi connectivity index (χ1n) is 7.24. The minimum Gasteiger partial charge on any atom is -0.368 e. The van der Waals surface area contributed by atoms with E-state index in [1.807, 2.05) is 0 Å². The molecule has 1 aromatic rings. The molecule has 0 bridgehead atoms. The van der Waals surface area contributed by atoms with E-state index in [1.165, 1.54) is 24.1 Å². The first-order chi connectivity index (χ1) is 8.63.